The van der Waals surface area contributed by atoms with E-state index in [1.807, 2.05) is 48.9 Å². The van der Waals surface area contributed by atoms with Gasteiger partial charge in [-0.05, 0) is 32.9 Å². The molecule has 1 heterocycles. The van der Waals surface area contributed by atoms with Crippen molar-refractivity contribution in [1.82, 2.24) is 15.1 Å². The lowest BCUT2D eigenvalue weighted by Crippen LogP contribution is -2.40. The van der Waals surface area contributed by atoms with E-state index in [1.165, 1.54) is 0 Å². The smallest absolute Gasteiger partial charge is 0.0972 e. The predicted molar refractivity (Wildman–Crippen MR) is 82.5 cm³/mol. The van der Waals surface area contributed by atoms with Gasteiger partial charge in [-0.2, -0.15) is 5.10 Å². The van der Waals surface area contributed by atoms with Gasteiger partial charge in [-0.15, -0.1) is 0 Å². The highest BCUT2D eigenvalue weighted by Crippen LogP contribution is 2.17. The summed E-state index contributed by atoms with van der Waals surface area (Å²) in [6.45, 7) is 6.30. The number of nitrogens with one attached hydrogen (secondary N) is 1. The third kappa shape index (κ3) is 3.69. The molecule has 21 heavy (non-hydrogen) atoms. The van der Waals surface area contributed by atoms with Crippen LogP contribution in [0.3, 0.4) is 0 Å². The summed E-state index contributed by atoms with van der Waals surface area (Å²) in [6, 6.07) is 10.00. The van der Waals surface area contributed by atoms with E-state index in [-0.39, 0.29) is 6.61 Å². The van der Waals surface area contributed by atoms with Gasteiger partial charge in [0.2, 0.25) is 0 Å². The maximum atomic E-state index is 9.79. The van der Waals surface area contributed by atoms with E-state index in [0.717, 1.165) is 22.6 Å². The van der Waals surface area contributed by atoms with Crippen LogP contribution in [0, 0.1) is 13.8 Å². The van der Waals surface area contributed by atoms with Gasteiger partial charge in [0.25, 0.3) is 0 Å². The molecule has 5 heteroatoms. The minimum absolute atomic E-state index is 0.263. The van der Waals surface area contributed by atoms with E-state index in [2.05, 4.69) is 10.4 Å². The van der Waals surface area contributed by atoms with Gasteiger partial charge < -0.3 is 15.5 Å². The molecule has 2 aromatic rings. The van der Waals surface area contributed by atoms with Gasteiger partial charge in [-0.3, -0.25) is 0 Å². The van der Waals surface area contributed by atoms with Crippen LogP contribution in [0.4, 0.5) is 0 Å². The van der Waals surface area contributed by atoms with E-state index in [9.17, 15) is 5.11 Å². The van der Waals surface area contributed by atoms with Crippen LogP contribution in [-0.4, -0.2) is 38.7 Å². The average molecular weight is 289 g/mol. The first-order valence-corrected chi connectivity index (χ1v) is 7.09. The summed E-state index contributed by atoms with van der Waals surface area (Å²) in [5, 5.41) is 26.6. The zero-order valence-electron chi connectivity index (χ0n) is 12.8. The first-order chi connectivity index (χ1) is 9.94. The molecule has 3 N–H and O–H groups in total. The van der Waals surface area contributed by atoms with Crippen LogP contribution >= 0.6 is 0 Å². The largest absolute Gasteiger partial charge is 0.393 e. The molecule has 0 fully saturated rings. The van der Waals surface area contributed by atoms with Gasteiger partial charge >= 0.3 is 0 Å². The quantitative estimate of drug-likeness (QED) is 0.750. The molecule has 5 nitrogen and oxygen atoms in total. The van der Waals surface area contributed by atoms with Crippen molar-refractivity contribution in [2.24, 2.45) is 0 Å². The average Bonchev–Trinajstić information content (AvgIpc) is 2.76. The molecule has 0 saturated carbocycles. The van der Waals surface area contributed by atoms with Crippen LogP contribution in [0.15, 0.2) is 30.3 Å². The molecule has 0 aliphatic heterocycles. The monoisotopic (exact) mass is 289 g/mol. The standard InChI is InChI=1S/C16H23N3O2/c1-12-15(9-17-10-16(3,21)11-20)13(2)19(18-12)14-7-5-4-6-8-14/h4-8,17,20-21H,9-11H2,1-3H3. The van der Waals surface area contributed by atoms with Crippen molar-refractivity contribution in [3.63, 3.8) is 0 Å². The Bertz CT molecular complexity index is 591. The number of hydrogen-bond donors (Lipinski definition) is 3. The molecular weight excluding hydrogens is 266 g/mol. The zero-order chi connectivity index (χ0) is 15.5. The van der Waals surface area contributed by atoms with Crippen LogP contribution in [0.2, 0.25) is 0 Å². The highest BCUT2D eigenvalue weighted by molar-refractivity contribution is 5.36. The Morgan fingerprint density at radius 2 is 1.90 bits per heavy atom. The predicted octanol–water partition coefficient (Wildman–Crippen LogP) is 1.32. The molecule has 1 aromatic carbocycles. The fourth-order valence-corrected chi connectivity index (χ4v) is 2.26. The Labute approximate surface area is 125 Å². The SMILES string of the molecule is Cc1nn(-c2ccccc2)c(C)c1CNCC(C)(O)CO. The number of aryl methyl sites for hydroxylation is 1. The molecular formula is C16H23N3O2. The third-order valence-electron chi connectivity index (χ3n) is 3.59. The maximum absolute atomic E-state index is 9.79. The number of aromatic nitrogens is 2. The Hall–Kier alpha value is -1.69. The molecule has 0 bridgehead atoms. The minimum Gasteiger partial charge on any atom is -0.393 e. The van der Waals surface area contributed by atoms with Crippen molar-refractivity contribution in [2.45, 2.75) is 32.9 Å². The lowest BCUT2D eigenvalue weighted by atomic mass is 10.1. The topological polar surface area (TPSA) is 70.3 Å². The highest BCUT2D eigenvalue weighted by Gasteiger charge is 2.19. The van der Waals surface area contributed by atoms with Crippen molar-refractivity contribution < 1.29 is 10.2 Å². The molecule has 0 radical (unpaired) electrons. The molecule has 0 amide bonds. The minimum atomic E-state index is -1.10. The van der Waals surface area contributed by atoms with Crippen LogP contribution < -0.4 is 5.32 Å². The maximum Gasteiger partial charge on any atom is 0.0972 e. The molecule has 0 aliphatic carbocycles. The number of para-hydroxylation sites is 1. The normalized spacial score (nSPS) is 14.1. The second-order valence-electron chi connectivity index (χ2n) is 5.66. The number of aliphatic hydroxyl groups excluding tert-OH is 1. The van der Waals surface area contributed by atoms with E-state index in [1.54, 1.807) is 6.92 Å². The van der Waals surface area contributed by atoms with Crippen LogP contribution in [0.25, 0.3) is 5.69 Å². The first kappa shape index (κ1) is 15.7. The first-order valence-electron chi connectivity index (χ1n) is 7.09. The number of benzene rings is 1. The van der Waals surface area contributed by atoms with Crippen molar-refractivity contribution >= 4 is 0 Å². The van der Waals surface area contributed by atoms with Gasteiger partial charge in [-0.25, -0.2) is 4.68 Å². The second kappa shape index (κ2) is 6.39. The van der Waals surface area contributed by atoms with Gasteiger partial charge in [0.05, 0.1) is 23.6 Å². The Morgan fingerprint density at radius 3 is 2.52 bits per heavy atom. The van der Waals surface area contributed by atoms with Crippen LogP contribution in [0.5, 0.6) is 0 Å². The van der Waals surface area contributed by atoms with Crippen molar-refractivity contribution in [2.75, 3.05) is 13.2 Å². The summed E-state index contributed by atoms with van der Waals surface area (Å²) >= 11 is 0. The number of aliphatic hydroxyl groups is 2. The number of rotatable bonds is 6. The van der Waals surface area contributed by atoms with Gasteiger partial charge in [0.15, 0.2) is 0 Å². The van der Waals surface area contributed by atoms with E-state index < -0.39 is 5.60 Å². The van der Waals surface area contributed by atoms with Gasteiger partial charge in [0.1, 0.15) is 0 Å². The van der Waals surface area contributed by atoms with E-state index in [0.29, 0.717) is 13.1 Å². The Balaban J connectivity index is 2.13. The molecule has 0 saturated heterocycles. The second-order valence-corrected chi connectivity index (χ2v) is 5.66. The van der Waals surface area contributed by atoms with Gasteiger partial charge in [0, 0.05) is 24.3 Å². The summed E-state index contributed by atoms with van der Waals surface area (Å²) < 4.78 is 1.93. The third-order valence-corrected chi connectivity index (χ3v) is 3.59. The summed E-state index contributed by atoms with van der Waals surface area (Å²) in [6.07, 6.45) is 0. The highest BCUT2D eigenvalue weighted by atomic mass is 16.3. The summed E-state index contributed by atoms with van der Waals surface area (Å²) in [5.41, 5.74) is 3.10. The number of nitrogens with zero attached hydrogens (tertiary/aromatic N) is 2. The fraction of sp³-hybridized carbons (Fsp3) is 0.438. The summed E-state index contributed by atoms with van der Waals surface area (Å²) in [7, 11) is 0. The molecule has 0 aliphatic rings. The Morgan fingerprint density at radius 1 is 1.24 bits per heavy atom. The zero-order valence-corrected chi connectivity index (χ0v) is 12.8. The lowest BCUT2D eigenvalue weighted by molar-refractivity contribution is 0.00252. The van der Waals surface area contributed by atoms with Gasteiger partial charge in [-0.1, -0.05) is 18.2 Å². The molecule has 0 spiro atoms. The summed E-state index contributed by atoms with van der Waals surface area (Å²) in [5.74, 6) is 0. The summed E-state index contributed by atoms with van der Waals surface area (Å²) in [4.78, 5) is 0. The van der Waals surface area contributed by atoms with E-state index in [4.69, 9.17) is 5.11 Å². The van der Waals surface area contributed by atoms with E-state index >= 15 is 0 Å². The fourth-order valence-electron chi connectivity index (χ4n) is 2.26. The van der Waals surface area contributed by atoms with Crippen LogP contribution in [-0.2, 0) is 6.54 Å². The Kier molecular flexibility index (Phi) is 4.77. The van der Waals surface area contributed by atoms with Crippen molar-refractivity contribution in [3.8, 4) is 5.69 Å². The number of hydrogen-bond acceptors (Lipinski definition) is 4. The molecule has 1 aromatic heterocycles. The van der Waals surface area contributed by atoms with Crippen LogP contribution in [0.1, 0.15) is 23.9 Å². The molecule has 1 unspecified atom stereocenters. The van der Waals surface area contributed by atoms with Crippen molar-refractivity contribution in [1.29, 1.82) is 0 Å². The molecule has 1 atom stereocenters. The lowest BCUT2D eigenvalue weighted by Gasteiger charge is -2.20. The van der Waals surface area contributed by atoms with Crippen molar-refractivity contribution in [3.05, 3.63) is 47.3 Å². The molecule has 114 valence electrons. The molecule has 2 rings (SSSR count).